The van der Waals surface area contributed by atoms with Crippen molar-refractivity contribution in [3.8, 4) is 0 Å². The number of hydrogen-bond acceptors (Lipinski definition) is 3. The molecule has 24 heavy (non-hydrogen) atoms. The lowest BCUT2D eigenvalue weighted by molar-refractivity contribution is -0.0514. The minimum atomic E-state index is -0.819. The molecule has 0 aromatic heterocycles. The van der Waals surface area contributed by atoms with E-state index in [1.165, 1.54) is 56.1 Å². The first-order valence-electron chi connectivity index (χ1n) is 9.00. The second-order valence-electron chi connectivity index (χ2n) is 8.28. The van der Waals surface area contributed by atoms with Gasteiger partial charge in [0.25, 0.3) is 5.91 Å². The maximum Gasteiger partial charge on any atom is 0.277 e. The zero-order valence-corrected chi connectivity index (χ0v) is 13.9. The van der Waals surface area contributed by atoms with E-state index >= 15 is 0 Å². The van der Waals surface area contributed by atoms with E-state index in [0.29, 0.717) is 12.0 Å². The third-order valence-corrected chi connectivity index (χ3v) is 6.37. The first-order chi connectivity index (χ1) is 11.6. The SMILES string of the molecule is O=C(NO)c1ccc(CNCC23CC4CC(CC(C4)C2)C3)cc1F. The van der Waals surface area contributed by atoms with E-state index in [2.05, 4.69) is 5.32 Å². The van der Waals surface area contributed by atoms with E-state index < -0.39 is 11.7 Å². The van der Waals surface area contributed by atoms with Crippen molar-refractivity contribution in [1.29, 1.82) is 0 Å². The van der Waals surface area contributed by atoms with Crippen molar-refractivity contribution >= 4 is 5.91 Å². The summed E-state index contributed by atoms with van der Waals surface area (Å²) in [5.74, 6) is 1.39. The molecule has 4 nitrogen and oxygen atoms in total. The molecule has 0 unspecified atom stereocenters. The first kappa shape index (κ1) is 16.0. The normalized spacial score (nSPS) is 33.7. The molecular formula is C19H25FN2O2. The average Bonchev–Trinajstić information content (AvgIpc) is 2.53. The lowest BCUT2D eigenvalue weighted by Gasteiger charge is -2.57. The number of benzene rings is 1. The molecule has 4 saturated carbocycles. The number of rotatable bonds is 5. The second kappa shape index (κ2) is 6.12. The molecule has 0 spiro atoms. The quantitative estimate of drug-likeness (QED) is 0.573. The van der Waals surface area contributed by atoms with Crippen LogP contribution >= 0.6 is 0 Å². The van der Waals surface area contributed by atoms with E-state index in [0.717, 1.165) is 29.9 Å². The number of halogens is 1. The molecule has 1 aromatic carbocycles. The molecule has 3 N–H and O–H groups in total. The molecule has 5 heteroatoms. The zero-order valence-electron chi connectivity index (χ0n) is 13.9. The molecule has 0 heterocycles. The fourth-order valence-corrected chi connectivity index (χ4v) is 5.89. The highest BCUT2D eigenvalue weighted by Crippen LogP contribution is 2.59. The van der Waals surface area contributed by atoms with Crippen LogP contribution in [0.5, 0.6) is 0 Å². The molecule has 130 valence electrons. The Morgan fingerprint density at radius 3 is 2.33 bits per heavy atom. The molecule has 4 bridgehead atoms. The van der Waals surface area contributed by atoms with Crippen molar-refractivity contribution in [2.75, 3.05) is 6.54 Å². The van der Waals surface area contributed by atoms with Crippen molar-refractivity contribution in [2.24, 2.45) is 23.2 Å². The molecule has 5 rings (SSSR count). The maximum atomic E-state index is 13.9. The van der Waals surface area contributed by atoms with Crippen LogP contribution in [0.15, 0.2) is 18.2 Å². The van der Waals surface area contributed by atoms with Gasteiger partial charge in [0.2, 0.25) is 0 Å². The van der Waals surface area contributed by atoms with Crippen LogP contribution in [-0.2, 0) is 6.54 Å². The maximum absolute atomic E-state index is 13.9. The molecule has 1 aromatic rings. The minimum absolute atomic E-state index is 0.137. The van der Waals surface area contributed by atoms with E-state index in [1.54, 1.807) is 6.07 Å². The average molecular weight is 332 g/mol. The van der Waals surface area contributed by atoms with Gasteiger partial charge in [-0.3, -0.25) is 10.0 Å². The molecule has 0 radical (unpaired) electrons. The Hall–Kier alpha value is -1.46. The fraction of sp³-hybridized carbons (Fsp3) is 0.632. The molecule has 0 saturated heterocycles. The summed E-state index contributed by atoms with van der Waals surface area (Å²) < 4.78 is 13.9. The molecule has 4 aliphatic rings. The number of carbonyl (C=O) groups excluding carboxylic acids is 1. The van der Waals surface area contributed by atoms with Crippen molar-refractivity contribution in [2.45, 2.75) is 45.1 Å². The Morgan fingerprint density at radius 2 is 1.79 bits per heavy atom. The van der Waals surface area contributed by atoms with Gasteiger partial charge in [0, 0.05) is 13.1 Å². The molecule has 1 amide bonds. The minimum Gasteiger partial charge on any atom is -0.312 e. The van der Waals surface area contributed by atoms with Crippen molar-refractivity contribution in [3.05, 3.63) is 35.1 Å². The van der Waals surface area contributed by atoms with Gasteiger partial charge in [-0.15, -0.1) is 0 Å². The highest BCUT2D eigenvalue weighted by atomic mass is 19.1. The summed E-state index contributed by atoms with van der Waals surface area (Å²) in [6, 6.07) is 4.53. The first-order valence-corrected chi connectivity index (χ1v) is 9.00. The monoisotopic (exact) mass is 332 g/mol. The fourth-order valence-electron chi connectivity index (χ4n) is 5.89. The summed E-state index contributed by atoms with van der Waals surface area (Å²) in [5.41, 5.74) is 2.62. The number of amides is 1. The van der Waals surface area contributed by atoms with Crippen LogP contribution < -0.4 is 10.8 Å². The van der Waals surface area contributed by atoms with Gasteiger partial charge in [-0.1, -0.05) is 6.07 Å². The third-order valence-electron chi connectivity index (χ3n) is 6.37. The van der Waals surface area contributed by atoms with Gasteiger partial charge < -0.3 is 5.32 Å². The second-order valence-corrected chi connectivity index (χ2v) is 8.28. The molecular weight excluding hydrogens is 307 g/mol. The summed E-state index contributed by atoms with van der Waals surface area (Å²) >= 11 is 0. The zero-order chi connectivity index (χ0) is 16.7. The number of carbonyl (C=O) groups is 1. The molecule has 4 fully saturated rings. The Kier molecular flexibility index (Phi) is 4.09. The van der Waals surface area contributed by atoms with Gasteiger partial charge in [0.1, 0.15) is 5.82 Å². The molecule has 0 aliphatic heterocycles. The van der Waals surface area contributed by atoms with Gasteiger partial charge in [-0.25, -0.2) is 9.87 Å². The molecule has 4 aliphatic carbocycles. The van der Waals surface area contributed by atoms with Crippen molar-refractivity contribution in [1.82, 2.24) is 10.8 Å². The highest BCUT2D eigenvalue weighted by molar-refractivity contribution is 5.93. The molecule has 0 atom stereocenters. The van der Waals surface area contributed by atoms with E-state index in [9.17, 15) is 9.18 Å². The van der Waals surface area contributed by atoms with Crippen molar-refractivity contribution in [3.63, 3.8) is 0 Å². The van der Waals surface area contributed by atoms with Crippen LogP contribution in [0.3, 0.4) is 0 Å². The lowest BCUT2D eigenvalue weighted by Crippen LogP contribution is -2.50. The van der Waals surface area contributed by atoms with Crippen LogP contribution in [0.2, 0.25) is 0 Å². The number of hydroxylamine groups is 1. The standard InChI is InChI=1S/C19H25FN2O2/c20-17-6-12(1-2-16(17)18(23)22-24)10-21-11-19-7-13-3-14(8-19)5-15(4-13)9-19/h1-2,6,13-15,21,24H,3-5,7-11H2,(H,22,23). The van der Waals surface area contributed by atoms with Gasteiger partial charge in [0.05, 0.1) is 5.56 Å². The Balaban J connectivity index is 1.36. The summed E-state index contributed by atoms with van der Waals surface area (Å²) in [6.45, 7) is 1.62. The van der Waals surface area contributed by atoms with E-state index in [1.807, 2.05) is 0 Å². The summed E-state index contributed by atoms with van der Waals surface area (Å²) in [7, 11) is 0. The topological polar surface area (TPSA) is 61.4 Å². The summed E-state index contributed by atoms with van der Waals surface area (Å²) in [5, 5.41) is 12.1. The van der Waals surface area contributed by atoms with Gasteiger partial charge in [0.15, 0.2) is 0 Å². The number of nitrogens with one attached hydrogen (secondary N) is 2. The van der Waals surface area contributed by atoms with Gasteiger partial charge >= 0.3 is 0 Å². The predicted molar refractivity (Wildman–Crippen MR) is 88.0 cm³/mol. The van der Waals surface area contributed by atoms with Crippen molar-refractivity contribution < 1.29 is 14.4 Å². The van der Waals surface area contributed by atoms with E-state index in [-0.39, 0.29) is 5.56 Å². The Morgan fingerprint density at radius 1 is 1.17 bits per heavy atom. The lowest BCUT2D eigenvalue weighted by atomic mass is 9.49. The van der Waals surface area contributed by atoms with E-state index in [4.69, 9.17) is 5.21 Å². The summed E-state index contributed by atoms with van der Waals surface area (Å²) in [4.78, 5) is 11.3. The Labute approximate surface area is 141 Å². The predicted octanol–water partition coefficient (Wildman–Crippen LogP) is 3.25. The highest BCUT2D eigenvalue weighted by Gasteiger charge is 2.50. The van der Waals surface area contributed by atoms with Crippen LogP contribution in [-0.4, -0.2) is 17.7 Å². The smallest absolute Gasteiger partial charge is 0.277 e. The third kappa shape index (κ3) is 2.95. The Bertz CT molecular complexity index is 611. The van der Waals surface area contributed by atoms with Crippen LogP contribution in [0.4, 0.5) is 4.39 Å². The van der Waals surface area contributed by atoms with Crippen LogP contribution in [0, 0.1) is 29.0 Å². The number of hydrogen-bond donors (Lipinski definition) is 3. The van der Waals surface area contributed by atoms with Crippen LogP contribution in [0.1, 0.15) is 54.4 Å². The summed E-state index contributed by atoms with van der Waals surface area (Å²) in [6.07, 6.45) is 8.40. The van der Waals surface area contributed by atoms with Gasteiger partial charge in [-0.05, 0) is 79.4 Å². The largest absolute Gasteiger partial charge is 0.312 e. The van der Waals surface area contributed by atoms with Gasteiger partial charge in [-0.2, -0.15) is 0 Å². The van der Waals surface area contributed by atoms with Crippen LogP contribution in [0.25, 0.3) is 0 Å².